The lowest BCUT2D eigenvalue weighted by atomic mass is 10.1. The van der Waals surface area contributed by atoms with E-state index in [4.69, 9.17) is 0 Å². The van der Waals surface area contributed by atoms with Crippen molar-refractivity contribution in [2.75, 3.05) is 37.6 Å². The number of ketones is 1. The highest BCUT2D eigenvalue weighted by molar-refractivity contribution is 7.12. The number of carboxylic acid groups (broad SMARTS) is 1. The highest BCUT2D eigenvalue weighted by atomic mass is 32.1. The number of thiophene rings is 1. The van der Waals surface area contributed by atoms with Crippen LogP contribution in [0.3, 0.4) is 0 Å². The molecular formula is C21H21FN4O4S. The van der Waals surface area contributed by atoms with Crippen LogP contribution in [0.1, 0.15) is 27.0 Å². The molecule has 3 aromatic rings. The maximum atomic E-state index is 14.9. The molecule has 0 atom stereocenters. The van der Waals surface area contributed by atoms with E-state index in [2.05, 4.69) is 4.98 Å². The normalized spacial score (nSPS) is 14.8. The van der Waals surface area contributed by atoms with Crippen molar-refractivity contribution in [1.29, 1.82) is 0 Å². The number of carbonyl (C=O) groups excluding carboxylic acids is 1. The second-order valence-corrected chi connectivity index (χ2v) is 8.24. The number of Topliss-reactive ketones (excluding diaryl/α,β-unsaturated/α-hetero) is 1. The summed E-state index contributed by atoms with van der Waals surface area (Å²) < 4.78 is 16.4. The molecule has 0 radical (unpaired) electrons. The van der Waals surface area contributed by atoms with Crippen LogP contribution in [0.25, 0.3) is 11.0 Å². The zero-order valence-electron chi connectivity index (χ0n) is 16.9. The molecule has 162 valence electrons. The van der Waals surface area contributed by atoms with Crippen molar-refractivity contribution in [3.05, 3.63) is 56.3 Å². The molecular weight excluding hydrogens is 423 g/mol. The van der Waals surface area contributed by atoms with E-state index in [0.717, 1.165) is 10.9 Å². The van der Waals surface area contributed by atoms with E-state index >= 15 is 0 Å². The molecule has 0 aliphatic carbocycles. The predicted octanol–water partition coefficient (Wildman–Crippen LogP) is 2.32. The molecule has 1 fully saturated rings. The highest BCUT2D eigenvalue weighted by Crippen LogP contribution is 2.23. The summed E-state index contributed by atoms with van der Waals surface area (Å²) in [7, 11) is 0. The lowest BCUT2D eigenvalue weighted by Crippen LogP contribution is -2.48. The average molecular weight is 444 g/mol. The summed E-state index contributed by atoms with van der Waals surface area (Å²) in [5.74, 6) is -1.83. The van der Waals surface area contributed by atoms with Crippen molar-refractivity contribution in [2.24, 2.45) is 0 Å². The molecule has 10 heteroatoms. The Morgan fingerprint density at radius 2 is 2.00 bits per heavy atom. The first-order valence-corrected chi connectivity index (χ1v) is 10.8. The van der Waals surface area contributed by atoms with Gasteiger partial charge in [0.2, 0.25) is 5.43 Å². The number of pyridine rings is 2. The van der Waals surface area contributed by atoms with Gasteiger partial charge in [-0.3, -0.25) is 14.5 Å². The van der Waals surface area contributed by atoms with Crippen molar-refractivity contribution in [3.63, 3.8) is 0 Å². The molecule has 0 unspecified atom stereocenters. The number of carbonyl (C=O) groups is 2. The van der Waals surface area contributed by atoms with Gasteiger partial charge in [-0.2, -0.15) is 0 Å². The highest BCUT2D eigenvalue weighted by Gasteiger charge is 2.24. The number of aryl methyl sites for hydroxylation is 1. The molecule has 0 bridgehead atoms. The Balaban J connectivity index is 1.57. The molecule has 1 aliphatic rings. The molecule has 0 spiro atoms. The van der Waals surface area contributed by atoms with Crippen molar-refractivity contribution < 1.29 is 19.1 Å². The Kier molecular flexibility index (Phi) is 5.84. The van der Waals surface area contributed by atoms with Gasteiger partial charge in [0.05, 0.1) is 16.8 Å². The van der Waals surface area contributed by atoms with Gasteiger partial charge in [0.1, 0.15) is 11.2 Å². The zero-order valence-corrected chi connectivity index (χ0v) is 17.7. The number of halogens is 1. The Morgan fingerprint density at radius 3 is 2.61 bits per heavy atom. The van der Waals surface area contributed by atoms with Crippen LogP contribution in [0.15, 0.2) is 34.6 Å². The van der Waals surface area contributed by atoms with Gasteiger partial charge in [-0.25, -0.2) is 14.2 Å². The summed E-state index contributed by atoms with van der Waals surface area (Å²) in [6, 6.07) is 4.73. The largest absolute Gasteiger partial charge is 0.477 e. The van der Waals surface area contributed by atoms with Gasteiger partial charge in [-0.05, 0) is 24.4 Å². The fraction of sp³-hybridized carbons (Fsp3) is 0.333. The summed E-state index contributed by atoms with van der Waals surface area (Å²) >= 11 is 1.42. The Hall–Kier alpha value is -3.11. The summed E-state index contributed by atoms with van der Waals surface area (Å²) in [6.45, 7) is 4.61. The lowest BCUT2D eigenvalue weighted by molar-refractivity contribution is 0.0694. The molecule has 31 heavy (non-hydrogen) atoms. The van der Waals surface area contributed by atoms with Crippen LogP contribution in [0.5, 0.6) is 0 Å². The van der Waals surface area contributed by atoms with Gasteiger partial charge in [0.15, 0.2) is 17.4 Å². The molecule has 4 heterocycles. The second-order valence-electron chi connectivity index (χ2n) is 7.29. The first-order valence-electron chi connectivity index (χ1n) is 9.90. The number of aromatic nitrogens is 2. The predicted molar refractivity (Wildman–Crippen MR) is 116 cm³/mol. The van der Waals surface area contributed by atoms with Crippen molar-refractivity contribution >= 4 is 39.9 Å². The minimum absolute atomic E-state index is 0.0526. The summed E-state index contributed by atoms with van der Waals surface area (Å²) in [6.07, 6.45) is 1.25. The van der Waals surface area contributed by atoms with E-state index in [0.29, 0.717) is 39.3 Å². The lowest BCUT2D eigenvalue weighted by Gasteiger charge is -2.35. The van der Waals surface area contributed by atoms with E-state index in [1.807, 2.05) is 16.3 Å². The van der Waals surface area contributed by atoms with E-state index in [9.17, 15) is 23.9 Å². The van der Waals surface area contributed by atoms with Gasteiger partial charge < -0.3 is 14.6 Å². The number of hydrogen-bond acceptors (Lipinski definition) is 7. The average Bonchev–Trinajstić information content (AvgIpc) is 3.30. The number of fused-ring (bicyclic) bond motifs is 1. The number of hydrogen-bond donors (Lipinski definition) is 1. The SMILES string of the molecule is CCn1cc(C(=O)O)c(=O)c2cc(F)c(N3CCN(CC(=O)c4cccs4)CC3)nc21. The first kappa shape index (κ1) is 21.1. The van der Waals surface area contributed by atoms with Crippen LogP contribution in [0.2, 0.25) is 0 Å². The van der Waals surface area contributed by atoms with Crippen molar-refractivity contribution in [1.82, 2.24) is 14.5 Å². The Labute approximate surface area is 181 Å². The van der Waals surface area contributed by atoms with Gasteiger partial charge in [0, 0.05) is 38.9 Å². The molecule has 0 saturated carbocycles. The smallest absolute Gasteiger partial charge is 0.341 e. The van der Waals surface area contributed by atoms with E-state index < -0.39 is 22.8 Å². The number of nitrogens with zero attached hydrogens (tertiary/aromatic N) is 4. The van der Waals surface area contributed by atoms with E-state index in [1.54, 1.807) is 22.5 Å². The molecule has 1 saturated heterocycles. The monoisotopic (exact) mass is 444 g/mol. The zero-order chi connectivity index (χ0) is 22.1. The fourth-order valence-electron chi connectivity index (χ4n) is 3.73. The van der Waals surface area contributed by atoms with Gasteiger partial charge in [-0.1, -0.05) is 6.07 Å². The van der Waals surface area contributed by atoms with Gasteiger partial charge in [0.25, 0.3) is 0 Å². The van der Waals surface area contributed by atoms with Crippen LogP contribution in [0.4, 0.5) is 10.2 Å². The number of piperazine rings is 1. The molecule has 0 aromatic carbocycles. The number of rotatable bonds is 6. The van der Waals surface area contributed by atoms with Crippen LogP contribution < -0.4 is 10.3 Å². The minimum Gasteiger partial charge on any atom is -0.477 e. The van der Waals surface area contributed by atoms with E-state index in [1.165, 1.54) is 17.5 Å². The summed E-state index contributed by atoms with van der Waals surface area (Å²) in [5.41, 5.74) is -0.904. The third kappa shape index (κ3) is 4.08. The van der Waals surface area contributed by atoms with Gasteiger partial charge in [-0.15, -0.1) is 11.3 Å². The molecule has 1 aliphatic heterocycles. The molecule has 3 aromatic heterocycles. The molecule has 0 amide bonds. The quantitative estimate of drug-likeness (QED) is 0.583. The maximum Gasteiger partial charge on any atom is 0.341 e. The summed E-state index contributed by atoms with van der Waals surface area (Å²) in [4.78, 5) is 45.1. The van der Waals surface area contributed by atoms with Crippen molar-refractivity contribution in [3.8, 4) is 0 Å². The Morgan fingerprint density at radius 1 is 1.26 bits per heavy atom. The molecule has 1 N–H and O–H groups in total. The number of carboxylic acids is 1. The topological polar surface area (TPSA) is 95.7 Å². The molecule has 4 rings (SSSR count). The van der Waals surface area contributed by atoms with Crippen LogP contribution in [0, 0.1) is 5.82 Å². The van der Waals surface area contributed by atoms with Crippen molar-refractivity contribution in [2.45, 2.75) is 13.5 Å². The number of anilines is 1. The second kappa shape index (κ2) is 8.56. The van der Waals surface area contributed by atoms with Crippen LogP contribution >= 0.6 is 11.3 Å². The Bertz CT molecular complexity index is 1200. The van der Waals surface area contributed by atoms with Crippen LogP contribution in [-0.2, 0) is 6.54 Å². The third-order valence-electron chi connectivity index (χ3n) is 5.39. The number of aromatic carboxylic acids is 1. The maximum absolute atomic E-state index is 14.9. The standard InChI is InChI=1S/C21H21FN4O4S/c1-2-25-11-14(21(29)30)18(28)13-10-15(22)20(23-19(13)25)26-7-5-24(6-8-26)12-16(27)17-4-3-9-31-17/h3-4,9-11H,2,5-8,12H2,1H3,(H,29,30). The minimum atomic E-state index is -1.35. The fourth-order valence-corrected chi connectivity index (χ4v) is 4.38. The van der Waals surface area contributed by atoms with Gasteiger partial charge >= 0.3 is 5.97 Å². The molecule has 8 nitrogen and oxygen atoms in total. The van der Waals surface area contributed by atoms with E-state index in [-0.39, 0.29) is 22.6 Å². The third-order valence-corrected chi connectivity index (χ3v) is 6.30. The van der Waals surface area contributed by atoms with Crippen LogP contribution in [-0.4, -0.2) is 64.0 Å². The summed E-state index contributed by atoms with van der Waals surface area (Å²) in [5, 5.41) is 11.1. The first-order chi connectivity index (χ1) is 14.9.